The van der Waals surface area contributed by atoms with E-state index in [1.54, 1.807) is 23.3 Å². The summed E-state index contributed by atoms with van der Waals surface area (Å²) >= 11 is 0. The number of hydrogen-bond acceptors (Lipinski definition) is 15. The maximum absolute atomic E-state index is 10.7. The van der Waals surface area contributed by atoms with Crippen molar-refractivity contribution in [2.45, 2.75) is 20.5 Å². The molecule has 0 saturated carbocycles. The van der Waals surface area contributed by atoms with Gasteiger partial charge in [-0.2, -0.15) is 0 Å². The molecule has 2 aromatic rings. The Balaban J connectivity index is 1.20. The van der Waals surface area contributed by atoms with E-state index in [4.69, 9.17) is 47.4 Å². The summed E-state index contributed by atoms with van der Waals surface area (Å²) in [5, 5.41) is 8.14. The van der Waals surface area contributed by atoms with Crippen molar-refractivity contribution in [2.75, 3.05) is 126 Å². The first-order chi connectivity index (χ1) is 22.1. The quantitative estimate of drug-likeness (QED) is 0.102. The molecule has 0 amide bonds. The van der Waals surface area contributed by atoms with Crippen LogP contribution in [0.3, 0.4) is 0 Å². The molecule has 2 aromatic heterocycles. The van der Waals surface area contributed by atoms with Crippen LogP contribution in [0.4, 0.5) is 0 Å². The first kappa shape index (κ1) is 38.7. The molecule has 0 aliphatic rings. The number of hydrogen-bond donors (Lipinski definition) is 0. The number of aryl methyl sites for hydroxylation is 1. The van der Waals surface area contributed by atoms with Gasteiger partial charge in [-0.05, 0) is 13.8 Å². The fraction of sp³-hybridized carbons (Fsp3) is 0.759. The third-order valence-corrected chi connectivity index (χ3v) is 5.48. The van der Waals surface area contributed by atoms with Gasteiger partial charge < -0.3 is 47.4 Å². The minimum Gasteiger partial charge on any atom is -0.377 e. The maximum atomic E-state index is 10.7. The van der Waals surface area contributed by atoms with Crippen molar-refractivity contribution in [3.63, 3.8) is 0 Å². The topological polar surface area (TPSA) is 166 Å². The number of Topliss-reactive ketones (excluding diaryl/α,β-unsaturated/α-hetero) is 1. The number of nitrogens with zero attached hydrogens (tertiary/aromatic N) is 5. The summed E-state index contributed by atoms with van der Waals surface area (Å²) in [6.45, 7) is 12.3. The Morgan fingerprint density at radius 3 is 1.31 bits per heavy atom. The van der Waals surface area contributed by atoms with Crippen molar-refractivity contribution in [1.29, 1.82) is 0 Å². The van der Waals surface area contributed by atoms with E-state index in [0.717, 1.165) is 5.69 Å². The SMILES string of the molecule is CC(=O)COCCOCCOCCOCCOCCOCCOCCOCCOCCOCc1cn(-c2cnc(C)nc2)nn1. The number of aromatic nitrogens is 5. The highest BCUT2D eigenvalue weighted by molar-refractivity contribution is 5.76. The molecule has 0 bridgehead atoms. The molecule has 2 rings (SSSR count). The second kappa shape index (κ2) is 27.8. The smallest absolute Gasteiger partial charge is 0.155 e. The van der Waals surface area contributed by atoms with Crippen LogP contribution in [0.5, 0.6) is 0 Å². The number of ketones is 1. The summed E-state index contributed by atoms with van der Waals surface area (Å²) in [6, 6.07) is 0. The zero-order chi connectivity index (χ0) is 32.0. The molecule has 0 saturated heterocycles. The van der Waals surface area contributed by atoms with Crippen molar-refractivity contribution >= 4 is 5.78 Å². The molecule has 0 aliphatic heterocycles. The Labute approximate surface area is 264 Å². The van der Waals surface area contributed by atoms with E-state index in [-0.39, 0.29) is 12.4 Å². The lowest BCUT2D eigenvalue weighted by Gasteiger charge is -2.09. The number of carbonyl (C=O) groups is 1. The van der Waals surface area contributed by atoms with Crippen LogP contribution in [-0.4, -0.2) is 156 Å². The van der Waals surface area contributed by atoms with Crippen LogP contribution in [0.25, 0.3) is 5.69 Å². The van der Waals surface area contributed by atoms with Gasteiger partial charge in [-0.15, -0.1) is 5.10 Å². The molecule has 0 spiro atoms. The average molecular weight is 644 g/mol. The minimum atomic E-state index is 0.00215. The molecule has 0 aromatic carbocycles. The van der Waals surface area contributed by atoms with Crippen LogP contribution in [0.1, 0.15) is 18.4 Å². The lowest BCUT2D eigenvalue weighted by atomic mass is 10.5. The molecule has 0 N–H and O–H groups in total. The standard InChI is InChI=1S/C29H49N5O11/c1-26(35)24-44-19-17-42-15-13-40-11-9-38-7-5-36-3-4-37-6-8-39-10-12-41-14-16-43-18-20-45-25-28-23-34(33-32-28)29-21-30-27(2)31-22-29/h21-23H,3-20,24-25H2,1-2H3. The Hall–Kier alpha value is -2.51. The molecule has 2 heterocycles. The van der Waals surface area contributed by atoms with Gasteiger partial charge in [-0.1, -0.05) is 5.21 Å². The lowest BCUT2D eigenvalue weighted by Crippen LogP contribution is -2.15. The predicted molar refractivity (Wildman–Crippen MR) is 159 cm³/mol. The zero-order valence-corrected chi connectivity index (χ0v) is 26.6. The highest BCUT2D eigenvalue weighted by Crippen LogP contribution is 2.04. The molecule has 45 heavy (non-hydrogen) atoms. The van der Waals surface area contributed by atoms with Crippen molar-refractivity contribution in [2.24, 2.45) is 0 Å². The van der Waals surface area contributed by atoms with Crippen LogP contribution in [0.2, 0.25) is 0 Å². The van der Waals surface area contributed by atoms with Crippen LogP contribution in [0.15, 0.2) is 18.6 Å². The van der Waals surface area contributed by atoms with E-state index >= 15 is 0 Å². The van der Waals surface area contributed by atoms with Gasteiger partial charge in [0.05, 0.1) is 144 Å². The fourth-order valence-electron chi connectivity index (χ4n) is 3.26. The number of carbonyl (C=O) groups excluding carboxylic acids is 1. The van der Waals surface area contributed by atoms with Crippen LogP contribution < -0.4 is 0 Å². The van der Waals surface area contributed by atoms with Crippen LogP contribution in [-0.2, 0) is 58.8 Å². The molecule has 0 unspecified atom stereocenters. The Bertz CT molecular complexity index is 968. The normalized spacial score (nSPS) is 11.4. The summed E-state index contributed by atoms with van der Waals surface area (Å²) in [4.78, 5) is 19.0. The summed E-state index contributed by atoms with van der Waals surface area (Å²) < 4.78 is 55.8. The van der Waals surface area contributed by atoms with Gasteiger partial charge in [0.1, 0.15) is 23.8 Å². The molecule has 0 fully saturated rings. The van der Waals surface area contributed by atoms with Gasteiger partial charge in [-0.25, -0.2) is 14.6 Å². The van der Waals surface area contributed by atoms with E-state index in [1.807, 2.05) is 6.92 Å². The van der Waals surface area contributed by atoms with E-state index in [9.17, 15) is 4.79 Å². The maximum Gasteiger partial charge on any atom is 0.155 e. The van der Waals surface area contributed by atoms with Gasteiger partial charge >= 0.3 is 0 Å². The summed E-state index contributed by atoms with van der Waals surface area (Å²) in [7, 11) is 0. The summed E-state index contributed by atoms with van der Waals surface area (Å²) in [6.07, 6.45) is 5.17. The highest BCUT2D eigenvalue weighted by Gasteiger charge is 2.04. The van der Waals surface area contributed by atoms with Crippen molar-refractivity contribution in [1.82, 2.24) is 25.0 Å². The Kier molecular flexibility index (Phi) is 23.9. The number of ether oxygens (including phenoxy) is 10. The largest absolute Gasteiger partial charge is 0.377 e. The Morgan fingerprint density at radius 2 is 0.933 bits per heavy atom. The summed E-state index contributed by atoms with van der Waals surface area (Å²) in [5.74, 6) is 0.702. The van der Waals surface area contributed by atoms with Gasteiger partial charge in [-0.3, -0.25) is 4.79 Å². The molecule has 256 valence electrons. The second-order valence-electron chi connectivity index (χ2n) is 9.35. The van der Waals surface area contributed by atoms with Crippen LogP contribution >= 0.6 is 0 Å². The van der Waals surface area contributed by atoms with E-state index in [0.29, 0.717) is 137 Å². The molecule has 0 atom stereocenters. The van der Waals surface area contributed by atoms with E-state index < -0.39 is 0 Å². The van der Waals surface area contributed by atoms with Crippen molar-refractivity contribution in [3.8, 4) is 5.69 Å². The molecule has 16 heteroatoms. The molecular formula is C29H49N5O11. The molecular weight excluding hydrogens is 594 g/mol. The van der Waals surface area contributed by atoms with E-state index in [2.05, 4.69) is 20.3 Å². The molecule has 0 aliphatic carbocycles. The Morgan fingerprint density at radius 1 is 0.578 bits per heavy atom. The minimum absolute atomic E-state index is 0.00215. The van der Waals surface area contributed by atoms with E-state index in [1.165, 1.54) is 6.92 Å². The first-order valence-corrected chi connectivity index (χ1v) is 15.1. The third kappa shape index (κ3) is 22.6. The molecule has 16 nitrogen and oxygen atoms in total. The van der Waals surface area contributed by atoms with Crippen molar-refractivity contribution < 1.29 is 52.2 Å². The highest BCUT2D eigenvalue weighted by atomic mass is 16.6. The van der Waals surface area contributed by atoms with Crippen LogP contribution in [0, 0.1) is 6.92 Å². The number of rotatable bonds is 32. The van der Waals surface area contributed by atoms with Gasteiger partial charge in [0.25, 0.3) is 0 Å². The third-order valence-electron chi connectivity index (χ3n) is 5.48. The zero-order valence-electron chi connectivity index (χ0n) is 26.6. The second-order valence-corrected chi connectivity index (χ2v) is 9.35. The first-order valence-electron chi connectivity index (χ1n) is 15.1. The van der Waals surface area contributed by atoms with Crippen molar-refractivity contribution in [3.05, 3.63) is 30.1 Å². The lowest BCUT2D eigenvalue weighted by molar-refractivity contribution is -0.122. The fourth-order valence-corrected chi connectivity index (χ4v) is 3.26. The van der Waals surface area contributed by atoms with Gasteiger partial charge in [0.2, 0.25) is 0 Å². The predicted octanol–water partition coefficient (Wildman–Crippen LogP) is 0.621. The van der Waals surface area contributed by atoms with Gasteiger partial charge in [0, 0.05) is 0 Å². The molecule has 0 radical (unpaired) electrons. The average Bonchev–Trinajstić information content (AvgIpc) is 3.51. The summed E-state index contributed by atoms with van der Waals surface area (Å²) in [5.41, 5.74) is 1.45. The van der Waals surface area contributed by atoms with Gasteiger partial charge in [0.15, 0.2) is 5.78 Å². The monoisotopic (exact) mass is 643 g/mol.